The highest BCUT2D eigenvalue weighted by molar-refractivity contribution is 6.34. The molecule has 0 fully saturated rings. The van der Waals surface area contributed by atoms with Gasteiger partial charge in [-0.05, 0) is 41.3 Å². The number of carboxylic acids is 1. The summed E-state index contributed by atoms with van der Waals surface area (Å²) in [5, 5.41) is 13.3. The maximum absolute atomic E-state index is 11.4. The number of ether oxygens (including phenoxy) is 2. The summed E-state index contributed by atoms with van der Waals surface area (Å²) >= 11 is 6.54. The molecule has 0 spiro atoms. The summed E-state index contributed by atoms with van der Waals surface area (Å²) in [7, 11) is 1.70. The van der Waals surface area contributed by atoms with Crippen LogP contribution in [0.15, 0.2) is 53.8 Å². The first-order valence-corrected chi connectivity index (χ1v) is 10.7. The number of anilines is 1. The molecule has 2 heterocycles. The molecule has 1 aliphatic heterocycles. The topological polar surface area (TPSA) is 80.7 Å². The van der Waals surface area contributed by atoms with Crippen molar-refractivity contribution in [3.63, 3.8) is 0 Å². The number of hydrogen-bond donors (Lipinski definition) is 2. The molecule has 0 saturated carbocycles. The van der Waals surface area contributed by atoms with Crippen molar-refractivity contribution in [1.29, 1.82) is 0 Å². The van der Waals surface area contributed by atoms with Crippen molar-refractivity contribution < 1.29 is 19.4 Å². The summed E-state index contributed by atoms with van der Waals surface area (Å²) in [6.07, 6.45) is 7.73. The Hall–Kier alpha value is -2.83. The van der Waals surface area contributed by atoms with Crippen LogP contribution in [0.25, 0.3) is 5.57 Å². The predicted octanol–water partition coefficient (Wildman–Crippen LogP) is 4.93. The Labute approximate surface area is 186 Å². The second-order valence-corrected chi connectivity index (χ2v) is 8.21. The Kier molecular flexibility index (Phi) is 6.30. The number of carboxylic acid groups (broad SMARTS) is 1. The van der Waals surface area contributed by atoms with E-state index >= 15 is 0 Å². The molecule has 2 aliphatic rings. The average molecular weight is 441 g/mol. The maximum atomic E-state index is 11.4. The smallest absolute Gasteiger partial charge is 0.337 e. The fourth-order valence-corrected chi connectivity index (χ4v) is 4.65. The van der Waals surface area contributed by atoms with Gasteiger partial charge in [0.25, 0.3) is 0 Å². The summed E-state index contributed by atoms with van der Waals surface area (Å²) in [6, 6.07) is 7.71. The number of fused-ring (bicyclic) bond motifs is 1. The van der Waals surface area contributed by atoms with Crippen LogP contribution in [-0.4, -0.2) is 42.4 Å². The number of carbonyl (C=O) groups is 1. The molecule has 2 N–H and O–H groups in total. The Balaban J connectivity index is 1.57. The third kappa shape index (κ3) is 4.31. The monoisotopic (exact) mass is 440 g/mol. The number of allylic oxidation sites excluding steroid dienone is 2. The minimum absolute atomic E-state index is 0.0192. The summed E-state index contributed by atoms with van der Waals surface area (Å²) in [5.74, 6) is 0.186. The molecule has 2 aromatic rings. The van der Waals surface area contributed by atoms with E-state index in [1.54, 1.807) is 13.3 Å². The Morgan fingerprint density at radius 3 is 3.00 bits per heavy atom. The Morgan fingerprint density at radius 1 is 1.39 bits per heavy atom. The highest BCUT2D eigenvalue weighted by Crippen LogP contribution is 2.41. The standard InChI is InChI=1S/C24H25ClN2O4/c1-14-21(30-2)6-5-19(25)23(14)15-3-4-17-16(8-10-31-22(17)11-15)12-27-20-13-26-9-7-18(20)24(28)29/h3-7,9,11,13-14,16,21,27H,8,10,12H2,1-2H3,(H,28,29)/t14?,16-,21?/m0/s1. The van der Waals surface area contributed by atoms with Crippen molar-refractivity contribution in [2.24, 2.45) is 5.92 Å². The molecule has 31 heavy (non-hydrogen) atoms. The van der Waals surface area contributed by atoms with Crippen LogP contribution < -0.4 is 10.1 Å². The highest BCUT2D eigenvalue weighted by Gasteiger charge is 2.28. The lowest BCUT2D eigenvalue weighted by Gasteiger charge is -2.30. The number of benzene rings is 1. The van der Waals surface area contributed by atoms with E-state index in [-0.39, 0.29) is 23.5 Å². The summed E-state index contributed by atoms with van der Waals surface area (Å²) in [5.41, 5.74) is 3.90. The third-order valence-corrected chi connectivity index (χ3v) is 6.32. The van der Waals surface area contributed by atoms with Gasteiger partial charge < -0.3 is 19.9 Å². The molecule has 4 rings (SSSR count). The number of nitrogens with zero attached hydrogens (tertiary/aromatic N) is 1. The minimum Gasteiger partial charge on any atom is -0.493 e. The van der Waals surface area contributed by atoms with Gasteiger partial charge in [0.2, 0.25) is 0 Å². The minimum atomic E-state index is -0.975. The highest BCUT2D eigenvalue weighted by atomic mass is 35.5. The van der Waals surface area contributed by atoms with Gasteiger partial charge in [0, 0.05) is 36.7 Å². The summed E-state index contributed by atoms with van der Waals surface area (Å²) < 4.78 is 11.5. The van der Waals surface area contributed by atoms with E-state index in [4.69, 9.17) is 21.1 Å². The van der Waals surface area contributed by atoms with Crippen molar-refractivity contribution in [2.45, 2.75) is 25.4 Å². The van der Waals surface area contributed by atoms with Gasteiger partial charge in [-0.2, -0.15) is 0 Å². The van der Waals surface area contributed by atoms with Crippen LogP contribution in [0.3, 0.4) is 0 Å². The van der Waals surface area contributed by atoms with Crippen molar-refractivity contribution in [3.05, 3.63) is 70.5 Å². The number of halogens is 1. The molecular weight excluding hydrogens is 416 g/mol. The first kappa shape index (κ1) is 21.4. The van der Waals surface area contributed by atoms with Gasteiger partial charge >= 0.3 is 5.97 Å². The molecule has 7 heteroatoms. The van der Waals surface area contributed by atoms with Crippen LogP contribution in [0.2, 0.25) is 0 Å². The number of rotatable bonds is 6. The first-order valence-electron chi connectivity index (χ1n) is 10.3. The van der Waals surface area contributed by atoms with Crippen LogP contribution >= 0.6 is 11.6 Å². The quantitative estimate of drug-likeness (QED) is 0.663. The summed E-state index contributed by atoms with van der Waals surface area (Å²) in [4.78, 5) is 15.5. The molecule has 0 bridgehead atoms. The van der Waals surface area contributed by atoms with Crippen molar-refractivity contribution in [3.8, 4) is 5.75 Å². The SMILES string of the molecule is COC1C=CC(Cl)=C(c2ccc3c(c2)OCC[C@H]3CNc2cnccc2C(=O)O)C1C. The normalized spacial score (nSPS) is 22.6. The largest absolute Gasteiger partial charge is 0.493 e. The Bertz CT molecular complexity index is 1050. The molecule has 6 nitrogen and oxygen atoms in total. The van der Waals surface area contributed by atoms with E-state index in [9.17, 15) is 9.90 Å². The van der Waals surface area contributed by atoms with Crippen LogP contribution in [0.4, 0.5) is 5.69 Å². The van der Waals surface area contributed by atoms with E-state index in [1.807, 2.05) is 18.2 Å². The average Bonchev–Trinajstić information content (AvgIpc) is 2.77. The first-order chi connectivity index (χ1) is 15.0. The van der Waals surface area contributed by atoms with E-state index < -0.39 is 5.97 Å². The molecule has 0 radical (unpaired) electrons. The molecule has 1 aromatic carbocycles. The predicted molar refractivity (Wildman–Crippen MR) is 121 cm³/mol. The van der Waals surface area contributed by atoms with Gasteiger partial charge in [-0.3, -0.25) is 4.98 Å². The molecule has 2 unspecified atom stereocenters. The van der Waals surface area contributed by atoms with Gasteiger partial charge in [-0.25, -0.2) is 4.79 Å². The third-order valence-electron chi connectivity index (χ3n) is 5.99. The number of nitrogens with one attached hydrogen (secondary N) is 1. The summed E-state index contributed by atoms with van der Waals surface area (Å²) in [6.45, 7) is 3.30. The van der Waals surface area contributed by atoms with Crippen LogP contribution in [0.1, 0.15) is 40.7 Å². The van der Waals surface area contributed by atoms with Crippen molar-refractivity contribution >= 4 is 28.8 Å². The lowest BCUT2D eigenvalue weighted by molar-refractivity contribution is 0.0697. The number of aromatic carboxylic acids is 1. The zero-order valence-corrected chi connectivity index (χ0v) is 18.2. The molecule has 1 aromatic heterocycles. The van der Waals surface area contributed by atoms with Gasteiger partial charge in [0.1, 0.15) is 5.75 Å². The fraction of sp³-hybridized carbons (Fsp3) is 0.333. The van der Waals surface area contributed by atoms with Crippen molar-refractivity contribution in [2.75, 3.05) is 25.6 Å². The fourth-order valence-electron chi connectivity index (χ4n) is 4.30. The van der Waals surface area contributed by atoms with Gasteiger partial charge in [-0.1, -0.05) is 36.7 Å². The molecule has 0 saturated heterocycles. The van der Waals surface area contributed by atoms with Crippen LogP contribution in [0, 0.1) is 5.92 Å². The van der Waals surface area contributed by atoms with Crippen molar-refractivity contribution in [1.82, 2.24) is 4.98 Å². The lowest BCUT2D eigenvalue weighted by atomic mass is 9.84. The Morgan fingerprint density at radius 2 is 2.23 bits per heavy atom. The number of pyridine rings is 1. The lowest BCUT2D eigenvalue weighted by Crippen LogP contribution is -2.23. The van der Waals surface area contributed by atoms with Gasteiger partial charge in [-0.15, -0.1) is 0 Å². The number of aromatic nitrogens is 1. The van der Waals surface area contributed by atoms with Gasteiger partial charge in [0.15, 0.2) is 0 Å². The molecule has 1 aliphatic carbocycles. The molecule has 162 valence electrons. The molecule has 0 amide bonds. The van der Waals surface area contributed by atoms with E-state index in [1.165, 1.54) is 12.3 Å². The second kappa shape index (κ2) is 9.12. The number of methoxy groups -OCH3 is 1. The molecule has 3 atom stereocenters. The van der Waals surface area contributed by atoms with Crippen LogP contribution in [0.5, 0.6) is 5.75 Å². The van der Waals surface area contributed by atoms with E-state index in [0.717, 1.165) is 28.9 Å². The van der Waals surface area contributed by atoms with E-state index in [2.05, 4.69) is 29.4 Å². The number of hydrogen-bond acceptors (Lipinski definition) is 5. The molecular formula is C24H25ClN2O4. The van der Waals surface area contributed by atoms with Crippen LogP contribution in [-0.2, 0) is 4.74 Å². The zero-order chi connectivity index (χ0) is 22.0. The maximum Gasteiger partial charge on any atom is 0.337 e. The van der Waals surface area contributed by atoms with E-state index in [0.29, 0.717) is 23.9 Å². The second-order valence-electron chi connectivity index (χ2n) is 7.80. The zero-order valence-electron chi connectivity index (χ0n) is 17.5. The van der Waals surface area contributed by atoms with Gasteiger partial charge in [0.05, 0.1) is 30.2 Å².